The lowest BCUT2D eigenvalue weighted by atomic mass is 10.1. The molecule has 0 fully saturated rings. The molecule has 3 aromatic rings. The number of hydrazone groups is 1. The lowest BCUT2D eigenvalue weighted by Crippen LogP contribution is -2.35. The number of nitrogens with zero attached hydrogens (tertiary/aromatic N) is 5. The highest BCUT2D eigenvalue weighted by molar-refractivity contribution is 8.27. The van der Waals surface area contributed by atoms with Gasteiger partial charge in [-0.25, -0.2) is 0 Å². The number of aryl methyl sites for hydroxylation is 1. The Hall–Kier alpha value is -3.20. The van der Waals surface area contributed by atoms with Gasteiger partial charge in [0.05, 0.1) is 15.6 Å². The topological polar surface area (TPSA) is 86.7 Å². The SMILES string of the molecule is Cc1cc(/C=C2\C(=N)N3N=C(c4cccnc4)SC3=NC2=O)c(C)n1-c1ccc(Cl)c(Cl)c1. The van der Waals surface area contributed by atoms with E-state index in [-0.39, 0.29) is 11.4 Å². The van der Waals surface area contributed by atoms with Gasteiger partial charge in [-0.05, 0) is 73.6 Å². The van der Waals surface area contributed by atoms with Crippen molar-refractivity contribution >= 4 is 63.0 Å². The van der Waals surface area contributed by atoms with E-state index in [1.54, 1.807) is 30.6 Å². The number of pyridine rings is 1. The summed E-state index contributed by atoms with van der Waals surface area (Å²) in [5, 5.41) is 16.5. The Bertz CT molecular complexity index is 1420. The number of amidine groups is 2. The second-order valence-corrected chi connectivity index (χ2v) is 9.20. The lowest BCUT2D eigenvalue weighted by Gasteiger charge is -2.20. The fourth-order valence-corrected chi connectivity index (χ4v) is 4.88. The summed E-state index contributed by atoms with van der Waals surface area (Å²) < 4.78 is 2.02. The number of hydrogen-bond acceptors (Lipinski definition) is 5. The van der Waals surface area contributed by atoms with Crippen molar-refractivity contribution in [2.75, 3.05) is 0 Å². The molecule has 2 aromatic heterocycles. The highest BCUT2D eigenvalue weighted by Gasteiger charge is 2.36. The van der Waals surface area contributed by atoms with Crippen LogP contribution in [0.2, 0.25) is 10.0 Å². The maximum Gasteiger partial charge on any atom is 0.283 e. The zero-order chi connectivity index (χ0) is 23.3. The normalized spacial score (nSPS) is 16.8. The predicted molar refractivity (Wildman–Crippen MR) is 134 cm³/mol. The minimum absolute atomic E-state index is 0.0178. The first-order chi connectivity index (χ1) is 15.8. The number of carbonyl (C=O) groups is 1. The first-order valence-electron chi connectivity index (χ1n) is 9.88. The molecule has 0 aliphatic carbocycles. The van der Waals surface area contributed by atoms with E-state index in [0.29, 0.717) is 20.3 Å². The van der Waals surface area contributed by atoms with Crippen LogP contribution in [0.4, 0.5) is 0 Å². The van der Waals surface area contributed by atoms with E-state index >= 15 is 0 Å². The van der Waals surface area contributed by atoms with Gasteiger partial charge in [-0.2, -0.15) is 15.1 Å². The van der Waals surface area contributed by atoms with Crippen LogP contribution in [0.25, 0.3) is 11.8 Å². The van der Waals surface area contributed by atoms with Crippen molar-refractivity contribution in [3.8, 4) is 5.69 Å². The molecule has 1 amide bonds. The number of rotatable bonds is 3. The number of thioether (sulfide) groups is 1. The summed E-state index contributed by atoms with van der Waals surface area (Å²) in [6, 6.07) is 11.1. The van der Waals surface area contributed by atoms with Gasteiger partial charge in [0.15, 0.2) is 5.84 Å². The molecular weight excluding hydrogens is 479 g/mol. The molecule has 0 saturated heterocycles. The Balaban J connectivity index is 1.52. The summed E-state index contributed by atoms with van der Waals surface area (Å²) in [6.07, 6.45) is 5.05. The smallest absolute Gasteiger partial charge is 0.283 e. The maximum absolute atomic E-state index is 12.8. The van der Waals surface area contributed by atoms with Gasteiger partial charge in [-0.3, -0.25) is 15.2 Å². The number of halogens is 2. The van der Waals surface area contributed by atoms with E-state index in [4.69, 9.17) is 28.6 Å². The largest absolute Gasteiger partial charge is 0.318 e. The van der Waals surface area contributed by atoms with Crippen LogP contribution >= 0.6 is 35.0 Å². The zero-order valence-corrected chi connectivity index (χ0v) is 19.8. The third-order valence-electron chi connectivity index (χ3n) is 5.29. The van der Waals surface area contributed by atoms with E-state index in [1.807, 2.05) is 42.7 Å². The van der Waals surface area contributed by atoms with Crippen LogP contribution in [0.5, 0.6) is 0 Å². The molecule has 1 N–H and O–H groups in total. The van der Waals surface area contributed by atoms with Crippen molar-refractivity contribution in [2.24, 2.45) is 10.1 Å². The van der Waals surface area contributed by atoms with Crippen LogP contribution in [0, 0.1) is 19.3 Å². The predicted octanol–water partition coefficient (Wildman–Crippen LogP) is 5.46. The molecule has 0 spiro atoms. The van der Waals surface area contributed by atoms with Crippen molar-refractivity contribution < 1.29 is 4.79 Å². The first kappa shape index (κ1) is 21.6. The molecule has 7 nitrogen and oxygen atoms in total. The van der Waals surface area contributed by atoms with Crippen LogP contribution < -0.4 is 0 Å². The number of aromatic nitrogens is 2. The zero-order valence-electron chi connectivity index (χ0n) is 17.5. The minimum atomic E-state index is -0.472. The van der Waals surface area contributed by atoms with Gasteiger partial charge < -0.3 is 4.57 Å². The molecule has 0 radical (unpaired) electrons. The number of amides is 1. The van der Waals surface area contributed by atoms with Crippen molar-refractivity contribution in [1.29, 1.82) is 5.41 Å². The lowest BCUT2D eigenvalue weighted by molar-refractivity contribution is -0.114. The highest BCUT2D eigenvalue weighted by Crippen LogP contribution is 2.32. The van der Waals surface area contributed by atoms with Gasteiger partial charge in [-0.1, -0.05) is 23.2 Å². The van der Waals surface area contributed by atoms with Crippen molar-refractivity contribution in [2.45, 2.75) is 13.8 Å². The molecule has 33 heavy (non-hydrogen) atoms. The molecule has 5 rings (SSSR count). The highest BCUT2D eigenvalue weighted by atomic mass is 35.5. The van der Waals surface area contributed by atoms with Crippen LogP contribution in [-0.4, -0.2) is 36.5 Å². The van der Waals surface area contributed by atoms with Gasteiger partial charge in [0.2, 0.25) is 5.17 Å². The van der Waals surface area contributed by atoms with E-state index in [9.17, 15) is 4.79 Å². The van der Waals surface area contributed by atoms with Crippen molar-refractivity contribution in [3.05, 3.63) is 86.9 Å². The molecule has 1 aromatic carbocycles. The Morgan fingerprint density at radius 3 is 2.67 bits per heavy atom. The third-order valence-corrected chi connectivity index (χ3v) is 6.99. The Morgan fingerprint density at radius 1 is 1.12 bits per heavy atom. The average Bonchev–Trinajstić information content (AvgIpc) is 3.34. The summed E-state index contributed by atoms with van der Waals surface area (Å²) in [5.41, 5.74) is 4.47. The molecule has 2 aliphatic rings. The summed E-state index contributed by atoms with van der Waals surface area (Å²) in [7, 11) is 0. The van der Waals surface area contributed by atoms with E-state index in [0.717, 1.165) is 28.2 Å². The summed E-state index contributed by atoms with van der Waals surface area (Å²) >= 11 is 13.5. The van der Waals surface area contributed by atoms with E-state index in [2.05, 4.69) is 15.1 Å². The second kappa shape index (κ2) is 8.30. The molecule has 10 heteroatoms. The van der Waals surface area contributed by atoms with Crippen molar-refractivity contribution in [3.63, 3.8) is 0 Å². The molecule has 0 bridgehead atoms. The summed E-state index contributed by atoms with van der Waals surface area (Å²) in [6.45, 7) is 3.90. The number of nitrogens with one attached hydrogen (secondary N) is 1. The monoisotopic (exact) mass is 494 g/mol. The summed E-state index contributed by atoms with van der Waals surface area (Å²) in [5.74, 6) is -0.489. The fourth-order valence-electron chi connectivity index (χ4n) is 3.71. The van der Waals surface area contributed by atoms with E-state index in [1.165, 1.54) is 16.8 Å². The Labute approximate surface area is 203 Å². The van der Waals surface area contributed by atoms with Crippen LogP contribution in [0.1, 0.15) is 22.5 Å². The number of benzene rings is 1. The Morgan fingerprint density at radius 2 is 1.94 bits per heavy atom. The summed E-state index contributed by atoms with van der Waals surface area (Å²) in [4.78, 5) is 21.1. The number of aliphatic imine (C=N–C) groups is 1. The Kier molecular flexibility index (Phi) is 5.44. The van der Waals surface area contributed by atoms with Crippen molar-refractivity contribution in [1.82, 2.24) is 14.6 Å². The quantitative estimate of drug-likeness (QED) is 0.489. The van der Waals surface area contributed by atoms with Gasteiger partial charge in [0, 0.05) is 35.0 Å². The number of carbonyl (C=O) groups excluding carboxylic acids is 1. The molecule has 4 heterocycles. The van der Waals surface area contributed by atoms with Crippen LogP contribution in [0.3, 0.4) is 0 Å². The fraction of sp³-hybridized carbons (Fsp3) is 0.0870. The maximum atomic E-state index is 12.8. The molecular formula is C23H16Cl2N6OS. The molecule has 0 atom stereocenters. The number of fused-ring (bicyclic) bond motifs is 1. The standard InChI is InChI=1S/C23H16Cl2N6OS/c1-12-8-15(13(2)30(12)16-5-6-18(24)19(25)10-16)9-17-20(26)31-23(28-21(17)32)33-22(29-31)14-4-3-7-27-11-14/h3-11,26H,1-2H3/b17-9+,26-20?. The molecule has 0 saturated carbocycles. The molecule has 164 valence electrons. The van der Waals surface area contributed by atoms with E-state index < -0.39 is 5.91 Å². The molecule has 2 aliphatic heterocycles. The minimum Gasteiger partial charge on any atom is -0.318 e. The van der Waals surface area contributed by atoms with Gasteiger partial charge >= 0.3 is 0 Å². The van der Waals surface area contributed by atoms with Crippen LogP contribution in [-0.2, 0) is 4.79 Å². The second-order valence-electron chi connectivity index (χ2n) is 7.43. The van der Waals surface area contributed by atoms with Crippen LogP contribution in [0.15, 0.2) is 64.5 Å². The number of hydrogen-bond donors (Lipinski definition) is 1. The van der Waals surface area contributed by atoms with Gasteiger partial charge in [0.25, 0.3) is 5.91 Å². The molecule has 0 unspecified atom stereocenters. The van der Waals surface area contributed by atoms with Gasteiger partial charge in [0.1, 0.15) is 5.04 Å². The first-order valence-corrected chi connectivity index (χ1v) is 11.5. The average molecular weight is 495 g/mol. The van der Waals surface area contributed by atoms with Gasteiger partial charge in [-0.15, -0.1) is 0 Å². The third kappa shape index (κ3) is 3.80.